The van der Waals surface area contributed by atoms with Crippen molar-refractivity contribution in [2.24, 2.45) is 5.41 Å². The number of hydrogen-bond acceptors (Lipinski definition) is 3. The molecule has 3 aromatic rings. The zero-order valence-corrected chi connectivity index (χ0v) is 21.1. The third kappa shape index (κ3) is 5.47. The van der Waals surface area contributed by atoms with Crippen molar-refractivity contribution in [3.05, 3.63) is 70.5 Å². The molecule has 1 aromatic heterocycles. The van der Waals surface area contributed by atoms with Gasteiger partial charge in [-0.1, -0.05) is 70.0 Å². The molecule has 0 fully saturated rings. The minimum Gasteiger partial charge on any atom is -0.354 e. The van der Waals surface area contributed by atoms with Crippen LogP contribution < -0.4 is 10.6 Å². The molecule has 1 heterocycles. The second-order valence-corrected chi connectivity index (χ2v) is 10.5. The van der Waals surface area contributed by atoms with Crippen LogP contribution in [0.1, 0.15) is 84.1 Å². The summed E-state index contributed by atoms with van der Waals surface area (Å²) < 4.78 is 0. The van der Waals surface area contributed by atoms with Crippen LogP contribution in [0.3, 0.4) is 0 Å². The number of benzene rings is 2. The molecule has 0 saturated heterocycles. The summed E-state index contributed by atoms with van der Waals surface area (Å²) in [4.78, 5) is 42.2. The second kappa shape index (κ2) is 10.1. The van der Waals surface area contributed by atoms with Crippen molar-refractivity contribution in [2.45, 2.75) is 72.4 Å². The first-order valence-electron chi connectivity index (χ1n) is 12.5. The first-order chi connectivity index (χ1) is 16.7. The number of rotatable bonds is 8. The van der Waals surface area contributed by atoms with Crippen LogP contribution in [0.2, 0.25) is 0 Å². The Morgan fingerprint density at radius 3 is 2.57 bits per heavy atom. The number of carbonyl (C=O) groups is 3. The van der Waals surface area contributed by atoms with Gasteiger partial charge < -0.3 is 15.6 Å². The zero-order chi connectivity index (χ0) is 25.2. The Morgan fingerprint density at radius 1 is 1.09 bits per heavy atom. The van der Waals surface area contributed by atoms with Gasteiger partial charge in [-0.05, 0) is 53.1 Å². The molecule has 2 amide bonds. The SMILES string of the molecule is CCCCC(NC(=O)c1[nH]c2c(c1C)C(=O)CC(C)(C)C2)C(=O)NCc1ccc2ccccc2c1. The van der Waals surface area contributed by atoms with Crippen molar-refractivity contribution in [1.82, 2.24) is 15.6 Å². The second-order valence-electron chi connectivity index (χ2n) is 10.5. The van der Waals surface area contributed by atoms with E-state index in [0.29, 0.717) is 42.6 Å². The van der Waals surface area contributed by atoms with E-state index >= 15 is 0 Å². The van der Waals surface area contributed by atoms with Gasteiger partial charge in [0.2, 0.25) is 5.91 Å². The lowest BCUT2D eigenvalue weighted by Crippen LogP contribution is -2.46. The third-order valence-electron chi connectivity index (χ3n) is 6.88. The number of carbonyl (C=O) groups excluding carboxylic acids is 3. The van der Waals surface area contributed by atoms with E-state index in [1.807, 2.05) is 24.3 Å². The molecule has 1 unspecified atom stereocenters. The molecule has 6 nitrogen and oxygen atoms in total. The van der Waals surface area contributed by atoms with Gasteiger partial charge in [0.15, 0.2) is 5.78 Å². The maximum absolute atomic E-state index is 13.2. The van der Waals surface area contributed by atoms with Gasteiger partial charge in [-0.25, -0.2) is 0 Å². The van der Waals surface area contributed by atoms with Crippen LogP contribution in [0.25, 0.3) is 10.8 Å². The molecule has 2 aromatic carbocycles. The van der Waals surface area contributed by atoms with Crippen molar-refractivity contribution in [3.8, 4) is 0 Å². The Balaban J connectivity index is 1.47. The fourth-order valence-corrected chi connectivity index (χ4v) is 5.03. The van der Waals surface area contributed by atoms with Crippen molar-refractivity contribution in [3.63, 3.8) is 0 Å². The Labute approximate surface area is 206 Å². The van der Waals surface area contributed by atoms with Crippen molar-refractivity contribution in [2.75, 3.05) is 0 Å². The molecule has 184 valence electrons. The van der Waals surface area contributed by atoms with Gasteiger partial charge in [0.05, 0.1) is 0 Å². The molecule has 1 aliphatic rings. The quantitative estimate of drug-likeness (QED) is 0.418. The van der Waals surface area contributed by atoms with E-state index in [2.05, 4.69) is 54.6 Å². The number of fused-ring (bicyclic) bond motifs is 2. The topological polar surface area (TPSA) is 91.1 Å². The first kappa shape index (κ1) is 24.7. The van der Waals surface area contributed by atoms with Gasteiger partial charge >= 0.3 is 0 Å². The molecule has 1 aliphatic carbocycles. The van der Waals surface area contributed by atoms with Crippen LogP contribution in [0.4, 0.5) is 0 Å². The predicted molar refractivity (Wildman–Crippen MR) is 139 cm³/mol. The number of Topliss-reactive ketones (excluding diaryl/α,β-unsaturated/α-hetero) is 1. The van der Waals surface area contributed by atoms with E-state index in [0.717, 1.165) is 34.9 Å². The van der Waals surface area contributed by atoms with E-state index in [-0.39, 0.29) is 23.0 Å². The highest BCUT2D eigenvalue weighted by atomic mass is 16.2. The summed E-state index contributed by atoms with van der Waals surface area (Å²) in [5.74, 6) is -0.477. The van der Waals surface area contributed by atoms with Crippen molar-refractivity contribution in [1.29, 1.82) is 0 Å². The van der Waals surface area contributed by atoms with Crippen LogP contribution in [-0.4, -0.2) is 28.6 Å². The molecular formula is C29H35N3O3. The first-order valence-corrected chi connectivity index (χ1v) is 12.5. The van der Waals surface area contributed by atoms with Crippen LogP contribution >= 0.6 is 0 Å². The number of ketones is 1. The number of amides is 2. The average molecular weight is 474 g/mol. The van der Waals surface area contributed by atoms with Gasteiger partial charge in [-0.15, -0.1) is 0 Å². The van der Waals surface area contributed by atoms with E-state index in [1.54, 1.807) is 6.92 Å². The number of aromatic nitrogens is 1. The van der Waals surface area contributed by atoms with Crippen LogP contribution in [-0.2, 0) is 17.8 Å². The molecule has 0 radical (unpaired) electrons. The Hall–Kier alpha value is -3.41. The Kier molecular flexibility index (Phi) is 7.10. The highest BCUT2D eigenvalue weighted by Crippen LogP contribution is 2.36. The maximum atomic E-state index is 13.2. The molecule has 1 atom stereocenters. The van der Waals surface area contributed by atoms with Gasteiger partial charge in [0.1, 0.15) is 11.7 Å². The molecule has 0 spiro atoms. The lowest BCUT2D eigenvalue weighted by molar-refractivity contribution is -0.123. The van der Waals surface area contributed by atoms with E-state index in [4.69, 9.17) is 0 Å². The lowest BCUT2D eigenvalue weighted by atomic mass is 9.75. The molecular weight excluding hydrogens is 438 g/mol. The number of aromatic amines is 1. The maximum Gasteiger partial charge on any atom is 0.268 e. The standard InChI is InChI=1S/C29H35N3O3/c1-5-6-11-22(27(34)30-17-19-12-13-20-9-7-8-10-21(20)14-19)32-28(35)26-18(2)25-23(31-26)15-29(3,4)16-24(25)33/h7-10,12-14,22,31H,5-6,11,15-17H2,1-4H3,(H,30,34)(H,32,35). The normalized spacial score (nSPS) is 15.5. The van der Waals surface area contributed by atoms with Crippen molar-refractivity contribution >= 4 is 28.4 Å². The predicted octanol–water partition coefficient (Wildman–Crippen LogP) is 5.24. The van der Waals surface area contributed by atoms with Gasteiger partial charge in [-0.2, -0.15) is 0 Å². The van der Waals surface area contributed by atoms with E-state index < -0.39 is 6.04 Å². The number of unbranched alkanes of at least 4 members (excludes halogenated alkanes) is 1. The smallest absolute Gasteiger partial charge is 0.268 e. The summed E-state index contributed by atoms with van der Waals surface area (Å²) >= 11 is 0. The lowest BCUT2D eigenvalue weighted by Gasteiger charge is -2.28. The fraction of sp³-hybridized carbons (Fsp3) is 0.414. The minimum atomic E-state index is -0.644. The van der Waals surface area contributed by atoms with Crippen molar-refractivity contribution < 1.29 is 14.4 Å². The molecule has 3 N–H and O–H groups in total. The number of H-pyrrole nitrogens is 1. The summed E-state index contributed by atoms with van der Waals surface area (Å²) in [7, 11) is 0. The molecule has 6 heteroatoms. The fourth-order valence-electron chi connectivity index (χ4n) is 5.03. The van der Waals surface area contributed by atoms with Gasteiger partial charge in [-0.3, -0.25) is 14.4 Å². The largest absolute Gasteiger partial charge is 0.354 e. The number of hydrogen-bond donors (Lipinski definition) is 3. The molecule has 0 saturated carbocycles. The van der Waals surface area contributed by atoms with Crippen LogP contribution in [0, 0.1) is 12.3 Å². The summed E-state index contributed by atoms with van der Waals surface area (Å²) in [5, 5.41) is 8.20. The van der Waals surface area contributed by atoms with Crippen LogP contribution in [0.5, 0.6) is 0 Å². The monoisotopic (exact) mass is 473 g/mol. The highest BCUT2D eigenvalue weighted by molar-refractivity contribution is 6.05. The van der Waals surface area contributed by atoms with Crippen LogP contribution in [0.15, 0.2) is 42.5 Å². The molecule has 35 heavy (non-hydrogen) atoms. The zero-order valence-electron chi connectivity index (χ0n) is 21.1. The summed E-state index contributed by atoms with van der Waals surface area (Å²) in [6.07, 6.45) is 3.48. The highest BCUT2D eigenvalue weighted by Gasteiger charge is 2.35. The Morgan fingerprint density at radius 2 is 1.83 bits per heavy atom. The molecule has 0 bridgehead atoms. The molecule has 0 aliphatic heterocycles. The van der Waals surface area contributed by atoms with Gasteiger partial charge in [0.25, 0.3) is 5.91 Å². The van der Waals surface area contributed by atoms with E-state index in [9.17, 15) is 14.4 Å². The van der Waals surface area contributed by atoms with E-state index in [1.165, 1.54) is 0 Å². The summed E-state index contributed by atoms with van der Waals surface area (Å²) in [5.41, 5.74) is 3.38. The summed E-state index contributed by atoms with van der Waals surface area (Å²) in [6, 6.07) is 13.6. The average Bonchev–Trinajstić information content (AvgIpc) is 3.15. The molecule has 4 rings (SSSR count). The van der Waals surface area contributed by atoms with Gasteiger partial charge in [0, 0.05) is 24.2 Å². The third-order valence-corrected chi connectivity index (χ3v) is 6.88. The minimum absolute atomic E-state index is 0.0692. The summed E-state index contributed by atoms with van der Waals surface area (Å²) in [6.45, 7) is 8.38. The Bertz CT molecular complexity index is 1270. The number of nitrogens with one attached hydrogen (secondary N) is 3.